The molecule has 0 bridgehead atoms. The summed E-state index contributed by atoms with van der Waals surface area (Å²) in [6.45, 7) is 0.906. The summed E-state index contributed by atoms with van der Waals surface area (Å²) in [5, 5.41) is 6.00. The monoisotopic (exact) mass is 235 g/mol. The van der Waals surface area contributed by atoms with Crippen molar-refractivity contribution >= 4 is 5.91 Å². The molecule has 1 aliphatic rings. The van der Waals surface area contributed by atoms with E-state index in [2.05, 4.69) is 15.6 Å². The van der Waals surface area contributed by atoms with Crippen LogP contribution in [0.3, 0.4) is 0 Å². The van der Waals surface area contributed by atoms with Gasteiger partial charge in [0.2, 0.25) is 11.8 Å². The molecular weight excluding hydrogens is 218 g/mol. The first kappa shape index (κ1) is 11.9. The average molecular weight is 235 g/mol. The second kappa shape index (κ2) is 5.63. The summed E-state index contributed by atoms with van der Waals surface area (Å²) in [6, 6.07) is 4.19. The number of nitrogens with one attached hydrogen (secondary N) is 2. The van der Waals surface area contributed by atoms with E-state index in [0.29, 0.717) is 25.0 Å². The van der Waals surface area contributed by atoms with E-state index in [1.807, 2.05) is 12.1 Å². The molecule has 92 valence electrons. The molecule has 2 rings (SSSR count). The lowest BCUT2D eigenvalue weighted by Crippen LogP contribution is -2.34. The lowest BCUT2D eigenvalue weighted by molar-refractivity contribution is -0.120. The quantitative estimate of drug-likeness (QED) is 0.752. The van der Waals surface area contributed by atoms with Crippen molar-refractivity contribution in [3.8, 4) is 5.88 Å². The highest BCUT2D eigenvalue weighted by molar-refractivity contribution is 5.78. The first-order chi connectivity index (χ1) is 8.29. The summed E-state index contributed by atoms with van der Waals surface area (Å²) < 4.78 is 5.13. The van der Waals surface area contributed by atoms with Gasteiger partial charge in [0.05, 0.1) is 13.7 Å². The van der Waals surface area contributed by atoms with Gasteiger partial charge in [0.15, 0.2) is 0 Å². The number of nitrogens with zero attached hydrogens (tertiary/aromatic N) is 1. The maximum Gasteiger partial charge on any atom is 0.234 e. The fourth-order valence-corrected chi connectivity index (χ4v) is 1.56. The van der Waals surface area contributed by atoms with Crippen molar-refractivity contribution < 1.29 is 9.53 Å². The number of carbonyl (C=O) groups is 1. The third-order valence-corrected chi connectivity index (χ3v) is 2.59. The highest BCUT2D eigenvalue weighted by atomic mass is 16.5. The van der Waals surface area contributed by atoms with Crippen molar-refractivity contribution in [1.29, 1.82) is 0 Å². The predicted molar refractivity (Wildman–Crippen MR) is 63.7 cm³/mol. The van der Waals surface area contributed by atoms with Gasteiger partial charge >= 0.3 is 0 Å². The van der Waals surface area contributed by atoms with E-state index < -0.39 is 0 Å². The molecule has 1 aliphatic carbocycles. The summed E-state index contributed by atoms with van der Waals surface area (Å²) >= 11 is 0. The fourth-order valence-electron chi connectivity index (χ4n) is 1.56. The Balaban J connectivity index is 1.74. The smallest absolute Gasteiger partial charge is 0.234 e. The molecule has 1 amide bonds. The van der Waals surface area contributed by atoms with Crippen LogP contribution in [0.1, 0.15) is 18.4 Å². The standard InChI is InChI=1S/C12H17N3O2/c1-17-12-9(3-2-6-14-12)7-13-8-11(16)15-10-4-5-10/h2-3,6,10,13H,4-5,7-8H2,1H3,(H,15,16). The first-order valence-electron chi connectivity index (χ1n) is 5.77. The Kier molecular flexibility index (Phi) is 3.93. The summed E-state index contributed by atoms with van der Waals surface area (Å²) in [5.41, 5.74) is 0.953. The van der Waals surface area contributed by atoms with Gasteiger partial charge in [0.1, 0.15) is 0 Å². The number of aromatic nitrogens is 1. The molecule has 1 saturated carbocycles. The van der Waals surface area contributed by atoms with Gasteiger partial charge in [0, 0.05) is 24.3 Å². The van der Waals surface area contributed by atoms with Gasteiger partial charge in [-0.15, -0.1) is 0 Å². The number of amides is 1. The van der Waals surface area contributed by atoms with Crippen LogP contribution in [-0.4, -0.2) is 30.6 Å². The minimum absolute atomic E-state index is 0.0513. The lowest BCUT2D eigenvalue weighted by Gasteiger charge is -2.08. The Morgan fingerprint density at radius 2 is 2.41 bits per heavy atom. The van der Waals surface area contributed by atoms with Crippen LogP contribution in [0, 0.1) is 0 Å². The summed E-state index contributed by atoms with van der Waals surface area (Å²) in [4.78, 5) is 15.5. The minimum atomic E-state index is 0.0513. The van der Waals surface area contributed by atoms with Gasteiger partial charge < -0.3 is 15.4 Å². The molecule has 1 heterocycles. The van der Waals surface area contributed by atoms with Crippen LogP contribution in [0.5, 0.6) is 5.88 Å². The Morgan fingerprint density at radius 1 is 1.59 bits per heavy atom. The van der Waals surface area contributed by atoms with Crippen molar-refractivity contribution in [3.05, 3.63) is 23.9 Å². The highest BCUT2D eigenvalue weighted by Gasteiger charge is 2.22. The van der Waals surface area contributed by atoms with Crippen molar-refractivity contribution in [1.82, 2.24) is 15.6 Å². The number of carbonyl (C=O) groups excluding carboxylic acids is 1. The molecule has 0 aromatic carbocycles. The third-order valence-electron chi connectivity index (χ3n) is 2.59. The number of ether oxygens (including phenoxy) is 1. The van der Waals surface area contributed by atoms with E-state index in [1.54, 1.807) is 13.3 Å². The van der Waals surface area contributed by atoms with Gasteiger partial charge in [-0.2, -0.15) is 0 Å². The zero-order chi connectivity index (χ0) is 12.1. The highest BCUT2D eigenvalue weighted by Crippen LogP contribution is 2.18. The fraction of sp³-hybridized carbons (Fsp3) is 0.500. The molecule has 0 atom stereocenters. The van der Waals surface area contributed by atoms with Crippen LogP contribution in [0.15, 0.2) is 18.3 Å². The second-order valence-electron chi connectivity index (χ2n) is 4.12. The number of hydrogen-bond donors (Lipinski definition) is 2. The Labute approximate surface area is 101 Å². The van der Waals surface area contributed by atoms with Crippen LogP contribution < -0.4 is 15.4 Å². The normalized spacial score (nSPS) is 14.4. The molecule has 1 aromatic rings. The van der Waals surface area contributed by atoms with E-state index in [1.165, 1.54) is 0 Å². The third kappa shape index (κ3) is 3.71. The molecule has 1 aromatic heterocycles. The van der Waals surface area contributed by atoms with E-state index in [-0.39, 0.29) is 5.91 Å². The Morgan fingerprint density at radius 3 is 3.12 bits per heavy atom. The van der Waals surface area contributed by atoms with Gasteiger partial charge in [-0.1, -0.05) is 6.07 Å². The Hall–Kier alpha value is -1.62. The summed E-state index contributed by atoms with van der Waals surface area (Å²) in [6.07, 6.45) is 3.91. The van der Waals surface area contributed by atoms with Crippen molar-refractivity contribution in [2.24, 2.45) is 0 Å². The molecular formula is C12H17N3O2. The lowest BCUT2D eigenvalue weighted by atomic mass is 10.2. The largest absolute Gasteiger partial charge is 0.481 e. The Bertz CT molecular complexity index is 391. The van der Waals surface area contributed by atoms with Crippen LogP contribution in [0.2, 0.25) is 0 Å². The molecule has 0 spiro atoms. The maximum atomic E-state index is 11.4. The van der Waals surface area contributed by atoms with Crippen molar-refractivity contribution in [3.63, 3.8) is 0 Å². The predicted octanol–water partition coefficient (Wildman–Crippen LogP) is 0.458. The van der Waals surface area contributed by atoms with E-state index in [0.717, 1.165) is 18.4 Å². The first-order valence-corrected chi connectivity index (χ1v) is 5.77. The van der Waals surface area contributed by atoms with Gasteiger partial charge in [0.25, 0.3) is 0 Å². The van der Waals surface area contributed by atoms with E-state index >= 15 is 0 Å². The number of methoxy groups -OCH3 is 1. The molecule has 17 heavy (non-hydrogen) atoms. The molecule has 0 radical (unpaired) electrons. The zero-order valence-electron chi connectivity index (χ0n) is 9.90. The van der Waals surface area contributed by atoms with Crippen molar-refractivity contribution in [2.75, 3.05) is 13.7 Å². The second-order valence-corrected chi connectivity index (χ2v) is 4.12. The van der Waals surface area contributed by atoms with Crippen LogP contribution in [0.25, 0.3) is 0 Å². The number of hydrogen-bond acceptors (Lipinski definition) is 4. The topological polar surface area (TPSA) is 63.2 Å². The van der Waals surface area contributed by atoms with Gasteiger partial charge in [-0.3, -0.25) is 4.79 Å². The molecule has 5 nitrogen and oxygen atoms in total. The molecule has 2 N–H and O–H groups in total. The number of pyridine rings is 1. The summed E-state index contributed by atoms with van der Waals surface area (Å²) in [5.74, 6) is 0.651. The van der Waals surface area contributed by atoms with E-state index in [9.17, 15) is 4.79 Å². The van der Waals surface area contributed by atoms with Crippen LogP contribution in [0.4, 0.5) is 0 Å². The number of rotatable bonds is 6. The SMILES string of the molecule is COc1ncccc1CNCC(=O)NC1CC1. The van der Waals surface area contributed by atoms with Crippen LogP contribution >= 0.6 is 0 Å². The minimum Gasteiger partial charge on any atom is -0.481 e. The average Bonchev–Trinajstić information content (AvgIpc) is 3.13. The van der Waals surface area contributed by atoms with E-state index in [4.69, 9.17) is 4.74 Å². The van der Waals surface area contributed by atoms with Crippen LogP contribution in [-0.2, 0) is 11.3 Å². The summed E-state index contributed by atoms with van der Waals surface area (Å²) in [7, 11) is 1.59. The molecule has 0 aliphatic heterocycles. The van der Waals surface area contributed by atoms with Crippen molar-refractivity contribution in [2.45, 2.75) is 25.4 Å². The van der Waals surface area contributed by atoms with Gasteiger partial charge in [-0.25, -0.2) is 4.98 Å². The maximum absolute atomic E-state index is 11.4. The van der Waals surface area contributed by atoms with Gasteiger partial charge in [-0.05, 0) is 18.9 Å². The molecule has 0 saturated heterocycles. The zero-order valence-corrected chi connectivity index (χ0v) is 9.90. The molecule has 1 fully saturated rings. The molecule has 5 heteroatoms. The molecule has 0 unspecified atom stereocenters.